The van der Waals surface area contributed by atoms with E-state index in [1.165, 1.54) is 5.56 Å². The van der Waals surface area contributed by atoms with Crippen LogP contribution in [-0.4, -0.2) is 23.5 Å². The fourth-order valence-corrected chi connectivity index (χ4v) is 2.90. The van der Waals surface area contributed by atoms with Gasteiger partial charge in [-0.2, -0.15) is 0 Å². The van der Waals surface area contributed by atoms with E-state index >= 15 is 0 Å². The molecule has 0 saturated heterocycles. The highest BCUT2D eigenvalue weighted by Gasteiger charge is 2.10. The molecule has 0 radical (unpaired) electrons. The van der Waals surface area contributed by atoms with Crippen LogP contribution >= 0.6 is 28.1 Å². The van der Waals surface area contributed by atoms with Crippen LogP contribution in [0.5, 0.6) is 5.75 Å². The maximum Gasteiger partial charge on any atom is 0.276 e. The van der Waals surface area contributed by atoms with Crippen LogP contribution in [0.3, 0.4) is 0 Å². The standard InChI is InChI=1S/C21H24BrN3O3S/c1-4-13(2)15-7-9-17(10-8-15)28-12-19(26)24-25-21(29)23-20(27)16-6-5-14(3)18(22)11-16/h5-11,13H,4,12H2,1-3H3,(H,24,26)(H2,23,25,27,29). The maximum atomic E-state index is 12.2. The number of hydrogen-bond acceptors (Lipinski definition) is 4. The van der Waals surface area contributed by atoms with Crippen molar-refractivity contribution in [3.8, 4) is 5.75 Å². The lowest BCUT2D eigenvalue weighted by Crippen LogP contribution is -2.49. The first kappa shape index (κ1) is 22.8. The number of nitrogens with one attached hydrogen (secondary N) is 3. The summed E-state index contributed by atoms with van der Waals surface area (Å²) in [4.78, 5) is 24.1. The first-order chi connectivity index (χ1) is 13.8. The third-order valence-corrected chi connectivity index (χ3v) is 5.47. The highest BCUT2D eigenvalue weighted by atomic mass is 79.9. The molecular formula is C21H24BrN3O3S. The largest absolute Gasteiger partial charge is 0.484 e. The summed E-state index contributed by atoms with van der Waals surface area (Å²) in [7, 11) is 0. The SMILES string of the molecule is CCC(C)c1ccc(OCC(=O)NNC(=S)NC(=O)c2ccc(C)c(Br)c2)cc1. The maximum absolute atomic E-state index is 12.2. The molecule has 29 heavy (non-hydrogen) atoms. The number of carbonyl (C=O) groups is 2. The second kappa shape index (κ2) is 10.9. The van der Waals surface area contributed by atoms with Gasteiger partial charge in [0.1, 0.15) is 5.75 Å². The summed E-state index contributed by atoms with van der Waals surface area (Å²) in [5, 5.41) is 2.48. The van der Waals surface area contributed by atoms with Crippen LogP contribution in [-0.2, 0) is 4.79 Å². The number of hydrogen-bond donors (Lipinski definition) is 3. The van der Waals surface area contributed by atoms with E-state index < -0.39 is 5.91 Å². The molecule has 0 aliphatic rings. The van der Waals surface area contributed by atoms with Crippen LogP contribution in [0.1, 0.15) is 47.7 Å². The van der Waals surface area contributed by atoms with Gasteiger partial charge in [0.05, 0.1) is 0 Å². The minimum absolute atomic E-state index is 0.0158. The van der Waals surface area contributed by atoms with Gasteiger partial charge in [-0.05, 0) is 66.9 Å². The first-order valence-electron chi connectivity index (χ1n) is 9.19. The van der Waals surface area contributed by atoms with E-state index in [1.54, 1.807) is 12.1 Å². The molecule has 8 heteroatoms. The van der Waals surface area contributed by atoms with Gasteiger partial charge in [0.25, 0.3) is 11.8 Å². The van der Waals surface area contributed by atoms with Crippen molar-refractivity contribution in [3.63, 3.8) is 0 Å². The van der Waals surface area contributed by atoms with Crippen molar-refractivity contribution < 1.29 is 14.3 Å². The zero-order chi connectivity index (χ0) is 21.4. The molecule has 0 saturated carbocycles. The van der Waals surface area contributed by atoms with Gasteiger partial charge >= 0.3 is 0 Å². The highest BCUT2D eigenvalue weighted by molar-refractivity contribution is 9.10. The average molecular weight is 478 g/mol. The van der Waals surface area contributed by atoms with Crippen LogP contribution in [0.2, 0.25) is 0 Å². The average Bonchev–Trinajstić information content (AvgIpc) is 2.72. The Bertz CT molecular complexity index is 887. The van der Waals surface area contributed by atoms with Gasteiger partial charge in [0, 0.05) is 10.0 Å². The van der Waals surface area contributed by atoms with Crippen LogP contribution < -0.4 is 20.9 Å². The monoisotopic (exact) mass is 477 g/mol. The van der Waals surface area contributed by atoms with Crippen LogP contribution in [0.15, 0.2) is 46.9 Å². The van der Waals surface area contributed by atoms with E-state index in [4.69, 9.17) is 17.0 Å². The summed E-state index contributed by atoms with van der Waals surface area (Å²) in [5.41, 5.74) is 7.57. The minimum Gasteiger partial charge on any atom is -0.484 e. The number of halogens is 1. The Morgan fingerprint density at radius 3 is 2.45 bits per heavy atom. The van der Waals surface area contributed by atoms with Gasteiger partial charge in [0.2, 0.25) is 0 Å². The van der Waals surface area contributed by atoms with Crippen molar-refractivity contribution in [1.29, 1.82) is 0 Å². The number of hydrazine groups is 1. The third kappa shape index (κ3) is 7.14. The number of rotatable bonds is 6. The van der Waals surface area contributed by atoms with Crippen LogP contribution in [0.25, 0.3) is 0 Å². The number of benzene rings is 2. The molecule has 0 bridgehead atoms. The van der Waals surface area contributed by atoms with Crippen LogP contribution in [0.4, 0.5) is 0 Å². The summed E-state index contributed by atoms with van der Waals surface area (Å²) >= 11 is 8.41. The lowest BCUT2D eigenvalue weighted by molar-refractivity contribution is -0.123. The summed E-state index contributed by atoms with van der Waals surface area (Å²) < 4.78 is 6.28. The number of amides is 2. The first-order valence-corrected chi connectivity index (χ1v) is 10.4. The number of thiocarbonyl (C=S) groups is 1. The lowest BCUT2D eigenvalue weighted by atomic mass is 9.99. The molecule has 154 valence electrons. The molecule has 0 heterocycles. The molecule has 2 aromatic carbocycles. The van der Waals surface area contributed by atoms with Crippen molar-refractivity contribution in [2.45, 2.75) is 33.1 Å². The van der Waals surface area contributed by atoms with Crippen molar-refractivity contribution in [2.24, 2.45) is 0 Å². The van der Waals surface area contributed by atoms with Crippen molar-refractivity contribution >= 4 is 45.1 Å². The number of ether oxygens (including phenoxy) is 1. The lowest BCUT2D eigenvalue weighted by Gasteiger charge is -2.12. The Kier molecular flexibility index (Phi) is 8.60. The second-order valence-corrected chi connectivity index (χ2v) is 7.85. The van der Waals surface area contributed by atoms with Crippen molar-refractivity contribution in [3.05, 3.63) is 63.6 Å². The van der Waals surface area contributed by atoms with Gasteiger partial charge in [-0.15, -0.1) is 0 Å². The van der Waals surface area contributed by atoms with E-state index in [-0.39, 0.29) is 17.6 Å². The van der Waals surface area contributed by atoms with Crippen LogP contribution in [0, 0.1) is 6.92 Å². The number of aryl methyl sites for hydroxylation is 1. The van der Waals surface area contributed by atoms with E-state index in [9.17, 15) is 9.59 Å². The molecule has 2 rings (SSSR count). The molecule has 2 aromatic rings. The van der Waals surface area contributed by atoms with E-state index in [2.05, 4.69) is 45.9 Å². The molecule has 0 aliphatic heterocycles. The second-order valence-electron chi connectivity index (χ2n) is 6.59. The molecule has 2 amide bonds. The molecule has 1 unspecified atom stereocenters. The van der Waals surface area contributed by atoms with Crippen molar-refractivity contribution in [1.82, 2.24) is 16.2 Å². The Hall–Kier alpha value is -2.45. The third-order valence-electron chi connectivity index (χ3n) is 4.41. The molecular weight excluding hydrogens is 454 g/mol. The topological polar surface area (TPSA) is 79.5 Å². The summed E-state index contributed by atoms with van der Waals surface area (Å²) in [6.45, 7) is 6.04. The van der Waals surface area contributed by atoms with Crippen molar-refractivity contribution in [2.75, 3.05) is 6.61 Å². The Balaban J connectivity index is 1.74. The zero-order valence-electron chi connectivity index (χ0n) is 16.5. The molecule has 6 nitrogen and oxygen atoms in total. The predicted octanol–water partition coefficient (Wildman–Crippen LogP) is 3.99. The van der Waals surface area contributed by atoms with Gasteiger partial charge < -0.3 is 4.74 Å². The smallest absolute Gasteiger partial charge is 0.276 e. The molecule has 0 aliphatic carbocycles. The Morgan fingerprint density at radius 2 is 1.83 bits per heavy atom. The van der Waals surface area contributed by atoms with E-state index in [0.717, 1.165) is 16.5 Å². The number of carbonyl (C=O) groups excluding carboxylic acids is 2. The van der Waals surface area contributed by atoms with E-state index in [0.29, 0.717) is 17.2 Å². The Morgan fingerprint density at radius 1 is 1.14 bits per heavy atom. The van der Waals surface area contributed by atoms with Gasteiger partial charge in [-0.1, -0.05) is 48.0 Å². The quantitative estimate of drug-likeness (QED) is 0.433. The summed E-state index contributed by atoms with van der Waals surface area (Å²) in [6, 6.07) is 12.9. The van der Waals surface area contributed by atoms with Gasteiger partial charge in [-0.3, -0.25) is 25.8 Å². The molecule has 0 fully saturated rings. The zero-order valence-corrected chi connectivity index (χ0v) is 18.9. The fourth-order valence-electron chi connectivity index (χ4n) is 2.38. The predicted molar refractivity (Wildman–Crippen MR) is 121 cm³/mol. The Labute approximate surface area is 184 Å². The fraction of sp³-hybridized carbons (Fsp3) is 0.286. The normalized spacial score (nSPS) is 11.3. The molecule has 1 atom stereocenters. The molecule has 0 aromatic heterocycles. The minimum atomic E-state index is -0.425. The van der Waals surface area contributed by atoms with Gasteiger partial charge in [-0.25, -0.2) is 0 Å². The molecule has 3 N–H and O–H groups in total. The highest BCUT2D eigenvalue weighted by Crippen LogP contribution is 2.21. The van der Waals surface area contributed by atoms with E-state index in [1.807, 2.05) is 37.3 Å². The van der Waals surface area contributed by atoms with Gasteiger partial charge in [0.15, 0.2) is 11.7 Å². The summed E-state index contributed by atoms with van der Waals surface area (Å²) in [5.74, 6) is 0.280. The molecule has 0 spiro atoms. The summed E-state index contributed by atoms with van der Waals surface area (Å²) in [6.07, 6.45) is 1.06.